The fraction of sp³-hybridized carbons (Fsp3) is 0.185. The van der Waals surface area contributed by atoms with E-state index in [0.29, 0.717) is 52.7 Å². The van der Waals surface area contributed by atoms with E-state index in [1.165, 1.54) is 0 Å². The monoisotopic (exact) mass is 443 g/mol. The number of allylic oxidation sites excluding steroid dienone is 1. The number of Topliss-reactive ketones (excluding diaryl/α,β-unsaturated/α-hetero) is 1. The number of ketones is 1. The zero-order valence-corrected chi connectivity index (χ0v) is 18.8. The maximum absolute atomic E-state index is 13.6. The summed E-state index contributed by atoms with van der Waals surface area (Å²) in [6.07, 6.45) is 1.75. The van der Waals surface area contributed by atoms with Gasteiger partial charge in [-0.2, -0.15) is 0 Å². The molecule has 0 aliphatic carbocycles. The number of oxazole rings is 1. The molecule has 0 radical (unpaired) electrons. The number of para-hydroxylation sites is 2. The Hall–Kier alpha value is -4.06. The van der Waals surface area contributed by atoms with E-state index in [0.717, 1.165) is 5.56 Å². The Kier molecular flexibility index (Phi) is 6.74. The Morgan fingerprint density at radius 2 is 1.70 bits per heavy atom. The minimum atomic E-state index is -0.211. The largest absolute Gasteiger partial charge is 0.494 e. The summed E-state index contributed by atoms with van der Waals surface area (Å²) in [6.45, 7) is 4.91. The molecule has 0 spiro atoms. The highest BCUT2D eigenvalue weighted by atomic mass is 16.5. The van der Waals surface area contributed by atoms with E-state index in [4.69, 9.17) is 18.6 Å². The molecule has 1 aromatic heterocycles. The zero-order chi connectivity index (χ0) is 23.2. The Morgan fingerprint density at radius 1 is 0.939 bits per heavy atom. The van der Waals surface area contributed by atoms with Gasteiger partial charge in [0.2, 0.25) is 5.89 Å². The highest BCUT2D eigenvalue weighted by Crippen LogP contribution is 2.31. The summed E-state index contributed by atoms with van der Waals surface area (Å²) in [7, 11) is 1.58. The topological polar surface area (TPSA) is 70.8 Å². The molecule has 4 rings (SSSR count). The van der Waals surface area contributed by atoms with Crippen LogP contribution in [-0.2, 0) is 0 Å². The van der Waals surface area contributed by atoms with Gasteiger partial charge in [-0.15, -0.1) is 0 Å². The Bertz CT molecular complexity index is 1250. The van der Waals surface area contributed by atoms with Crippen molar-refractivity contribution in [1.82, 2.24) is 4.98 Å². The van der Waals surface area contributed by atoms with Gasteiger partial charge >= 0.3 is 0 Å². The predicted octanol–water partition coefficient (Wildman–Crippen LogP) is 6.06. The molecule has 6 heteroatoms. The average molecular weight is 443 g/mol. The number of benzene rings is 3. The van der Waals surface area contributed by atoms with E-state index in [1.807, 2.05) is 56.3 Å². The maximum Gasteiger partial charge on any atom is 0.231 e. The van der Waals surface area contributed by atoms with Gasteiger partial charge in [0.05, 0.1) is 25.9 Å². The number of methoxy groups -OCH3 is 1. The first-order chi connectivity index (χ1) is 16.1. The third kappa shape index (κ3) is 4.90. The first-order valence-corrected chi connectivity index (χ1v) is 10.8. The molecule has 0 aliphatic rings. The molecule has 0 saturated carbocycles. The summed E-state index contributed by atoms with van der Waals surface area (Å²) in [5, 5.41) is 0. The quantitative estimate of drug-likeness (QED) is 0.231. The van der Waals surface area contributed by atoms with Crippen LogP contribution >= 0.6 is 0 Å². The number of hydrogen-bond donors (Lipinski definition) is 0. The number of nitrogens with zero attached hydrogens (tertiary/aromatic N) is 1. The second-order valence-electron chi connectivity index (χ2n) is 7.17. The van der Waals surface area contributed by atoms with Crippen molar-refractivity contribution in [2.45, 2.75) is 13.8 Å². The van der Waals surface area contributed by atoms with Crippen LogP contribution in [0.15, 0.2) is 71.1 Å². The van der Waals surface area contributed by atoms with Crippen molar-refractivity contribution in [3.8, 4) is 17.2 Å². The van der Waals surface area contributed by atoms with Crippen molar-refractivity contribution in [2.24, 2.45) is 0 Å². The normalized spacial score (nSPS) is 11.4. The van der Waals surface area contributed by atoms with Crippen molar-refractivity contribution in [1.29, 1.82) is 0 Å². The highest BCUT2D eigenvalue weighted by Gasteiger charge is 2.21. The minimum Gasteiger partial charge on any atom is -0.494 e. The van der Waals surface area contributed by atoms with Gasteiger partial charge in [-0.1, -0.05) is 18.2 Å². The lowest BCUT2D eigenvalue weighted by molar-refractivity contribution is 0.105. The number of carbonyl (C=O) groups excluding carboxylic acids is 1. The Morgan fingerprint density at radius 3 is 2.39 bits per heavy atom. The number of rotatable bonds is 9. The molecule has 1 heterocycles. The van der Waals surface area contributed by atoms with E-state index in [9.17, 15) is 4.79 Å². The molecule has 0 aliphatic heterocycles. The van der Waals surface area contributed by atoms with Gasteiger partial charge in [-0.3, -0.25) is 4.79 Å². The molecule has 3 aromatic carbocycles. The molecule has 0 N–H and O–H groups in total. The van der Waals surface area contributed by atoms with E-state index >= 15 is 0 Å². The first-order valence-electron chi connectivity index (χ1n) is 10.8. The van der Waals surface area contributed by atoms with Crippen molar-refractivity contribution in [2.75, 3.05) is 20.3 Å². The van der Waals surface area contributed by atoms with Crippen LogP contribution < -0.4 is 14.2 Å². The average Bonchev–Trinajstić information content (AvgIpc) is 3.27. The van der Waals surface area contributed by atoms with Crippen molar-refractivity contribution in [3.05, 3.63) is 83.7 Å². The molecule has 33 heavy (non-hydrogen) atoms. The van der Waals surface area contributed by atoms with Crippen LogP contribution in [0.4, 0.5) is 0 Å². The summed E-state index contributed by atoms with van der Waals surface area (Å²) in [5.74, 6) is 1.97. The zero-order valence-electron chi connectivity index (χ0n) is 18.8. The summed E-state index contributed by atoms with van der Waals surface area (Å²) >= 11 is 0. The van der Waals surface area contributed by atoms with Gasteiger partial charge in [0.15, 0.2) is 22.9 Å². The summed E-state index contributed by atoms with van der Waals surface area (Å²) in [4.78, 5) is 18.1. The van der Waals surface area contributed by atoms with Gasteiger partial charge in [0.1, 0.15) is 11.3 Å². The lowest BCUT2D eigenvalue weighted by Crippen LogP contribution is -2.04. The molecule has 0 atom stereocenters. The highest BCUT2D eigenvalue weighted by molar-refractivity contribution is 6.31. The number of aromatic nitrogens is 1. The first kappa shape index (κ1) is 22.1. The standard InChI is InChI=1S/C27H25NO5/c1-4-31-20-13-11-19(12-14-20)26(29)21(27-28-22-8-6-7-9-23(22)33-27)16-18-10-15-24(32-5-2)25(17-18)30-3/h6-17H,4-5H2,1-3H3/b21-16-. The molecule has 0 saturated heterocycles. The van der Waals surface area contributed by atoms with Gasteiger partial charge in [0, 0.05) is 5.56 Å². The van der Waals surface area contributed by atoms with E-state index in [2.05, 4.69) is 4.98 Å². The molecule has 0 fully saturated rings. The van der Waals surface area contributed by atoms with Crippen LogP contribution in [0.3, 0.4) is 0 Å². The molecule has 0 unspecified atom stereocenters. The lowest BCUT2D eigenvalue weighted by Gasteiger charge is -2.10. The van der Waals surface area contributed by atoms with Gasteiger partial charge in [0.25, 0.3) is 0 Å². The fourth-order valence-corrected chi connectivity index (χ4v) is 3.45. The van der Waals surface area contributed by atoms with Crippen molar-refractivity contribution < 1.29 is 23.4 Å². The van der Waals surface area contributed by atoms with Crippen LogP contribution in [0.1, 0.15) is 35.7 Å². The van der Waals surface area contributed by atoms with E-state index in [1.54, 1.807) is 37.5 Å². The van der Waals surface area contributed by atoms with Crippen molar-refractivity contribution in [3.63, 3.8) is 0 Å². The molecule has 168 valence electrons. The third-order valence-electron chi connectivity index (χ3n) is 4.99. The number of fused-ring (bicyclic) bond motifs is 1. The van der Waals surface area contributed by atoms with Crippen LogP contribution in [0.5, 0.6) is 17.2 Å². The third-order valence-corrected chi connectivity index (χ3v) is 4.99. The fourth-order valence-electron chi connectivity index (χ4n) is 3.45. The smallest absolute Gasteiger partial charge is 0.231 e. The molecule has 0 bridgehead atoms. The van der Waals surface area contributed by atoms with E-state index < -0.39 is 0 Å². The Balaban J connectivity index is 1.79. The Labute approximate surface area is 192 Å². The molecular formula is C27H25NO5. The second-order valence-corrected chi connectivity index (χ2v) is 7.17. The van der Waals surface area contributed by atoms with Crippen LogP contribution in [0, 0.1) is 0 Å². The predicted molar refractivity (Wildman–Crippen MR) is 128 cm³/mol. The summed E-state index contributed by atoms with van der Waals surface area (Å²) in [5.41, 5.74) is 2.89. The molecular weight excluding hydrogens is 418 g/mol. The summed E-state index contributed by atoms with van der Waals surface area (Å²) < 4.78 is 22.5. The minimum absolute atomic E-state index is 0.211. The number of carbonyl (C=O) groups is 1. The van der Waals surface area contributed by atoms with Gasteiger partial charge in [-0.05, 0) is 74.0 Å². The molecule has 6 nitrogen and oxygen atoms in total. The summed E-state index contributed by atoms with van der Waals surface area (Å²) in [6, 6.07) is 20.0. The number of ether oxygens (including phenoxy) is 3. The lowest BCUT2D eigenvalue weighted by atomic mass is 10.0. The van der Waals surface area contributed by atoms with Gasteiger partial charge in [-0.25, -0.2) is 4.98 Å². The van der Waals surface area contributed by atoms with Crippen molar-refractivity contribution >= 4 is 28.5 Å². The molecule has 4 aromatic rings. The second kappa shape index (κ2) is 10.0. The van der Waals surface area contributed by atoms with Gasteiger partial charge < -0.3 is 18.6 Å². The molecule has 0 amide bonds. The number of hydrogen-bond acceptors (Lipinski definition) is 6. The maximum atomic E-state index is 13.6. The van der Waals surface area contributed by atoms with E-state index in [-0.39, 0.29) is 11.7 Å². The van der Waals surface area contributed by atoms with Crippen LogP contribution in [0.2, 0.25) is 0 Å². The van der Waals surface area contributed by atoms with Crippen LogP contribution in [-0.4, -0.2) is 31.1 Å². The van der Waals surface area contributed by atoms with Crippen LogP contribution in [0.25, 0.3) is 22.7 Å². The SMILES string of the molecule is CCOc1ccc(C(=O)/C(=C/c2ccc(OCC)c(OC)c2)c2nc3ccccc3o2)cc1.